The molecule has 0 radical (unpaired) electrons. The molecular formula is C35H35Cl2N5O2S. The van der Waals surface area contributed by atoms with Crippen LogP contribution in [0.25, 0.3) is 0 Å². The van der Waals surface area contributed by atoms with Crippen molar-refractivity contribution in [1.29, 1.82) is 0 Å². The molecule has 0 atom stereocenters. The van der Waals surface area contributed by atoms with Crippen LogP contribution in [0.15, 0.2) is 113 Å². The van der Waals surface area contributed by atoms with Gasteiger partial charge < -0.3 is 4.74 Å². The second-order valence-electron chi connectivity index (χ2n) is 11.1. The number of nitrogens with zero attached hydrogens (tertiary/aromatic N) is 5. The molecule has 5 aromatic rings. The molecule has 0 aliphatic heterocycles. The van der Waals surface area contributed by atoms with Crippen molar-refractivity contribution in [3.8, 4) is 6.01 Å². The van der Waals surface area contributed by atoms with Crippen LogP contribution < -0.4 is 4.74 Å². The Labute approximate surface area is 278 Å². The van der Waals surface area contributed by atoms with Gasteiger partial charge in [0.25, 0.3) is 0 Å². The summed E-state index contributed by atoms with van der Waals surface area (Å²) in [6.07, 6.45) is 2.99. The first kappa shape index (κ1) is 32.6. The fourth-order valence-corrected chi connectivity index (χ4v) is 6.75. The van der Waals surface area contributed by atoms with Gasteiger partial charge in [0.1, 0.15) is 5.03 Å². The van der Waals surface area contributed by atoms with Crippen molar-refractivity contribution in [3.05, 3.63) is 136 Å². The predicted molar refractivity (Wildman–Crippen MR) is 181 cm³/mol. The highest BCUT2D eigenvalue weighted by atomic mass is 35.5. The molecule has 2 aromatic heterocycles. The summed E-state index contributed by atoms with van der Waals surface area (Å²) in [5.74, 6) is 0.0586. The highest BCUT2D eigenvalue weighted by molar-refractivity contribution is 7.99. The lowest BCUT2D eigenvalue weighted by molar-refractivity contribution is 0.112. The average molecular weight is 661 g/mol. The van der Waals surface area contributed by atoms with Crippen molar-refractivity contribution >= 4 is 41.1 Å². The van der Waals surface area contributed by atoms with Crippen LogP contribution in [0.4, 0.5) is 4.79 Å². The minimum atomic E-state index is -0.500. The Morgan fingerprint density at radius 2 is 1.44 bits per heavy atom. The van der Waals surface area contributed by atoms with E-state index in [0.29, 0.717) is 36.3 Å². The summed E-state index contributed by atoms with van der Waals surface area (Å²) in [7, 11) is 1.74. The van der Waals surface area contributed by atoms with Gasteiger partial charge in [0, 0.05) is 47.5 Å². The maximum atomic E-state index is 13.7. The third kappa shape index (κ3) is 9.11. The van der Waals surface area contributed by atoms with Gasteiger partial charge in [-0.25, -0.2) is 4.79 Å². The maximum Gasteiger partial charge on any atom is 0.418 e. The molecule has 232 valence electrons. The van der Waals surface area contributed by atoms with E-state index in [1.54, 1.807) is 30.4 Å². The highest BCUT2D eigenvalue weighted by Gasteiger charge is 2.25. The quantitative estimate of drug-likeness (QED) is 0.125. The maximum absolute atomic E-state index is 13.7. The van der Waals surface area contributed by atoms with E-state index in [4.69, 9.17) is 32.9 Å². The van der Waals surface area contributed by atoms with Gasteiger partial charge >= 0.3 is 12.1 Å². The number of pyridine rings is 1. The summed E-state index contributed by atoms with van der Waals surface area (Å²) in [5.41, 5.74) is 4.12. The van der Waals surface area contributed by atoms with E-state index in [0.717, 1.165) is 32.3 Å². The van der Waals surface area contributed by atoms with E-state index in [9.17, 15) is 4.79 Å². The summed E-state index contributed by atoms with van der Waals surface area (Å²) in [4.78, 5) is 27.3. The summed E-state index contributed by atoms with van der Waals surface area (Å²) in [5, 5.41) is 1.93. The van der Waals surface area contributed by atoms with Gasteiger partial charge in [0.2, 0.25) is 0 Å². The molecule has 1 amide bonds. The molecule has 0 unspecified atom stereocenters. The molecule has 0 bridgehead atoms. The number of benzene rings is 3. The second kappa shape index (κ2) is 15.5. The zero-order valence-corrected chi connectivity index (χ0v) is 27.8. The molecular weight excluding hydrogens is 625 g/mol. The Kier molecular flexibility index (Phi) is 11.2. The molecule has 2 heterocycles. The molecule has 0 saturated carbocycles. The standard InChI is InChI=1S/C35H35Cl2N5O2S/c1-25(2)32-33(45-31-19-29(36)18-30(37)20-31)42(23-28-14-16-38-17-15-28)34(39-32)44-35(43)40(3)24-41(21-26-10-6-4-7-11-26)22-27-12-8-5-9-13-27/h4-20,25H,21-24H2,1-3H3. The zero-order chi connectivity index (χ0) is 31.8. The van der Waals surface area contributed by atoms with Crippen LogP contribution in [-0.2, 0) is 19.6 Å². The first-order valence-electron chi connectivity index (χ1n) is 14.6. The number of ether oxygens (including phenoxy) is 1. The molecule has 0 aliphatic rings. The van der Waals surface area contributed by atoms with Gasteiger partial charge in [-0.05, 0) is 52.9 Å². The van der Waals surface area contributed by atoms with Gasteiger partial charge in [0.15, 0.2) is 0 Å². The molecule has 7 nitrogen and oxygen atoms in total. The second-order valence-corrected chi connectivity index (χ2v) is 13.0. The molecule has 0 aliphatic carbocycles. The third-order valence-electron chi connectivity index (χ3n) is 7.00. The lowest BCUT2D eigenvalue weighted by Gasteiger charge is -2.27. The smallest absolute Gasteiger partial charge is 0.375 e. The highest BCUT2D eigenvalue weighted by Crippen LogP contribution is 2.39. The van der Waals surface area contributed by atoms with Gasteiger partial charge in [0.05, 0.1) is 18.9 Å². The minimum absolute atomic E-state index is 0.0586. The number of carbonyl (C=O) groups is 1. The number of aromatic nitrogens is 3. The number of rotatable bonds is 12. The van der Waals surface area contributed by atoms with Gasteiger partial charge in [-0.15, -0.1) is 0 Å². The summed E-state index contributed by atoms with van der Waals surface area (Å²) >= 11 is 14.2. The lowest BCUT2D eigenvalue weighted by atomic mass is 10.1. The molecule has 10 heteroatoms. The fraction of sp³-hybridized carbons (Fsp3) is 0.229. The van der Waals surface area contributed by atoms with Crippen molar-refractivity contribution < 1.29 is 9.53 Å². The lowest BCUT2D eigenvalue weighted by Crippen LogP contribution is -2.40. The van der Waals surface area contributed by atoms with E-state index < -0.39 is 6.09 Å². The van der Waals surface area contributed by atoms with Gasteiger partial charge in [-0.3, -0.25) is 19.4 Å². The average Bonchev–Trinajstić information content (AvgIpc) is 3.34. The topological polar surface area (TPSA) is 63.5 Å². The van der Waals surface area contributed by atoms with E-state index in [1.165, 1.54) is 11.8 Å². The van der Waals surface area contributed by atoms with Crippen LogP contribution in [0.5, 0.6) is 6.01 Å². The Morgan fingerprint density at radius 1 is 0.867 bits per heavy atom. The number of amides is 1. The van der Waals surface area contributed by atoms with Gasteiger partial charge in [-0.2, -0.15) is 4.98 Å². The fourth-order valence-electron chi connectivity index (χ4n) is 4.86. The van der Waals surface area contributed by atoms with Crippen molar-refractivity contribution in [2.45, 2.75) is 49.3 Å². The predicted octanol–water partition coefficient (Wildman–Crippen LogP) is 9.00. The largest absolute Gasteiger partial charge is 0.418 e. The number of hydrogen-bond donors (Lipinski definition) is 0. The summed E-state index contributed by atoms with van der Waals surface area (Å²) in [6, 6.07) is 30.0. The van der Waals surface area contributed by atoms with Crippen LogP contribution in [0.2, 0.25) is 10.0 Å². The SMILES string of the molecule is CC(C)c1nc(OC(=O)N(C)CN(Cc2ccccc2)Cc2ccccc2)n(Cc2ccncc2)c1Sc1cc(Cl)cc(Cl)c1. The van der Waals surface area contributed by atoms with Crippen LogP contribution in [0.3, 0.4) is 0 Å². The molecule has 5 rings (SSSR count). The van der Waals surface area contributed by atoms with E-state index in [-0.39, 0.29) is 11.9 Å². The number of hydrogen-bond acceptors (Lipinski definition) is 6. The Morgan fingerprint density at radius 3 is 2.00 bits per heavy atom. The molecule has 0 fully saturated rings. The number of carbonyl (C=O) groups excluding carboxylic acids is 1. The molecule has 3 aromatic carbocycles. The van der Waals surface area contributed by atoms with Crippen LogP contribution >= 0.6 is 35.0 Å². The third-order valence-corrected chi connectivity index (χ3v) is 8.53. The summed E-state index contributed by atoms with van der Waals surface area (Å²) < 4.78 is 8.00. The Hall–Kier alpha value is -3.82. The van der Waals surface area contributed by atoms with Crippen LogP contribution in [0, 0.1) is 0 Å². The van der Waals surface area contributed by atoms with Crippen molar-refractivity contribution in [2.75, 3.05) is 13.7 Å². The number of imidazole rings is 1. The molecule has 0 spiro atoms. The molecule has 0 saturated heterocycles. The monoisotopic (exact) mass is 659 g/mol. The number of halogens is 2. The van der Waals surface area contributed by atoms with Crippen LogP contribution in [-0.4, -0.2) is 44.1 Å². The first-order valence-corrected chi connectivity index (χ1v) is 16.2. The minimum Gasteiger partial charge on any atom is -0.375 e. The molecule has 45 heavy (non-hydrogen) atoms. The van der Waals surface area contributed by atoms with E-state index >= 15 is 0 Å². The normalized spacial score (nSPS) is 11.3. The first-order chi connectivity index (χ1) is 21.7. The van der Waals surface area contributed by atoms with Gasteiger partial charge in [-0.1, -0.05) is 109 Å². The Balaban J connectivity index is 1.42. The molecule has 0 N–H and O–H groups in total. The van der Waals surface area contributed by atoms with Crippen molar-refractivity contribution in [1.82, 2.24) is 24.3 Å². The van der Waals surface area contributed by atoms with E-state index in [2.05, 4.69) is 48.0 Å². The van der Waals surface area contributed by atoms with Crippen molar-refractivity contribution in [3.63, 3.8) is 0 Å². The van der Waals surface area contributed by atoms with Crippen molar-refractivity contribution in [2.24, 2.45) is 0 Å². The zero-order valence-electron chi connectivity index (χ0n) is 25.4. The van der Waals surface area contributed by atoms with Crippen LogP contribution in [0.1, 0.15) is 42.1 Å². The Bertz CT molecular complexity index is 1640. The van der Waals surface area contributed by atoms with E-state index in [1.807, 2.05) is 65.2 Å². The summed E-state index contributed by atoms with van der Waals surface area (Å²) in [6.45, 7) is 6.26.